The summed E-state index contributed by atoms with van der Waals surface area (Å²) in [5, 5.41) is 1.37. The predicted octanol–water partition coefficient (Wildman–Crippen LogP) is 3.49. The Bertz CT molecular complexity index is 564. The monoisotopic (exact) mass is 244 g/mol. The number of fused-ring (bicyclic) bond motifs is 1. The van der Waals surface area contributed by atoms with Crippen LogP contribution in [-0.2, 0) is 7.05 Å². The van der Waals surface area contributed by atoms with E-state index in [1.165, 1.54) is 27.6 Å². The Morgan fingerprint density at radius 2 is 1.89 bits per heavy atom. The third-order valence-corrected chi connectivity index (χ3v) is 4.16. The first kappa shape index (κ1) is 13.2. The number of nitrogens with two attached hydrogens (primary N) is 1. The molecule has 0 aliphatic carbocycles. The van der Waals surface area contributed by atoms with E-state index in [0.717, 1.165) is 0 Å². The molecule has 2 nitrogen and oxygen atoms in total. The first-order valence-electron chi connectivity index (χ1n) is 6.72. The highest BCUT2D eigenvalue weighted by molar-refractivity contribution is 5.88. The number of hydrogen-bond donors (Lipinski definition) is 1. The van der Waals surface area contributed by atoms with Crippen molar-refractivity contribution in [3.63, 3.8) is 0 Å². The van der Waals surface area contributed by atoms with Crippen molar-refractivity contribution >= 4 is 10.9 Å². The minimum absolute atomic E-state index is 0.441. The molecule has 0 radical (unpaired) electrons. The highest BCUT2D eigenvalue weighted by Gasteiger charge is 2.19. The van der Waals surface area contributed by atoms with Gasteiger partial charge in [-0.1, -0.05) is 26.0 Å². The van der Waals surface area contributed by atoms with Gasteiger partial charge in [-0.25, -0.2) is 0 Å². The van der Waals surface area contributed by atoms with Crippen LogP contribution in [0.1, 0.15) is 36.5 Å². The lowest BCUT2D eigenvalue weighted by Crippen LogP contribution is -2.17. The van der Waals surface area contributed by atoms with Gasteiger partial charge in [-0.3, -0.25) is 0 Å². The minimum atomic E-state index is 0.441. The molecule has 1 unspecified atom stereocenters. The molecule has 1 heterocycles. The smallest absolute Gasteiger partial charge is 0.0513 e. The first-order valence-corrected chi connectivity index (χ1v) is 6.72. The molecule has 18 heavy (non-hydrogen) atoms. The fourth-order valence-electron chi connectivity index (χ4n) is 2.88. The maximum atomic E-state index is 5.96. The van der Waals surface area contributed by atoms with Gasteiger partial charge in [0.15, 0.2) is 0 Å². The number of nitrogens with zero attached hydrogens (tertiary/aromatic N) is 1. The van der Waals surface area contributed by atoms with Crippen LogP contribution in [-0.4, -0.2) is 11.1 Å². The topological polar surface area (TPSA) is 30.9 Å². The van der Waals surface area contributed by atoms with Gasteiger partial charge >= 0.3 is 0 Å². The molecular formula is C16H24N2. The molecule has 0 saturated heterocycles. The zero-order chi connectivity index (χ0) is 13.4. The first-order chi connectivity index (χ1) is 8.47. The second-order valence-electron chi connectivity index (χ2n) is 5.69. The SMILES string of the molecule is Cc1ccc2c(C(CN)C(C)C)cn(C)c2c1C. The normalized spacial score (nSPS) is 13.5. The van der Waals surface area contributed by atoms with Crippen molar-refractivity contribution in [1.29, 1.82) is 0 Å². The average molecular weight is 244 g/mol. The van der Waals surface area contributed by atoms with E-state index in [0.29, 0.717) is 18.4 Å². The van der Waals surface area contributed by atoms with E-state index in [4.69, 9.17) is 5.73 Å². The van der Waals surface area contributed by atoms with Crippen molar-refractivity contribution in [2.24, 2.45) is 18.7 Å². The van der Waals surface area contributed by atoms with Gasteiger partial charge < -0.3 is 10.3 Å². The third kappa shape index (κ3) is 1.95. The summed E-state index contributed by atoms with van der Waals surface area (Å²) < 4.78 is 2.25. The van der Waals surface area contributed by atoms with Crippen LogP contribution >= 0.6 is 0 Å². The minimum Gasteiger partial charge on any atom is -0.350 e. The molecule has 0 bridgehead atoms. The number of aryl methyl sites for hydroxylation is 3. The Morgan fingerprint density at radius 3 is 2.44 bits per heavy atom. The van der Waals surface area contributed by atoms with E-state index >= 15 is 0 Å². The summed E-state index contributed by atoms with van der Waals surface area (Å²) in [4.78, 5) is 0. The van der Waals surface area contributed by atoms with Crippen LogP contribution in [0, 0.1) is 19.8 Å². The van der Waals surface area contributed by atoms with Crippen LogP contribution in [0.3, 0.4) is 0 Å². The van der Waals surface area contributed by atoms with Gasteiger partial charge in [0.05, 0.1) is 5.52 Å². The van der Waals surface area contributed by atoms with Crippen molar-refractivity contribution in [2.45, 2.75) is 33.6 Å². The van der Waals surface area contributed by atoms with Gasteiger partial charge in [0.1, 0.15) is 0 Å². The predicted molar refractivity (Wildman–Crippen MR) is 79.0 cm³/mol. The number of hydrogen-bond acceptors (Lipinski definition) is 1. The molecule has 2 N–H and O–H groups in total. The molecule has 2 heteroatoms. The highest BCUT2D eigenvalue weighted by Crippen LogP contribution is 2.33. The quantitative estimate of drug-likeness (QED) is 0.880. The summed E-state index contributed by atoms with van der Waals surface area (Å²) in [5.41, 5.74) is 11.4. The Labute approximate surface area is 110 Å². The van der Waals surface area contributed by atoms with Crippen molar-refractivity contribution in [2.75, 3.05) is 6.54 Å². The van der Waals surface area contributed by atoms with Gasteiger partial charge in [-0.15, -0.1) is 0 Å². The summed E-state index contributed by atoms with van der Waals surface area (Å²) in [6, 6.07) is 4.47. The van der Waals surface area contributed by atoms with Crippen LogP contribution in [0.5, 0.6) is 0 Å². The fourth-order valence-corrected chi connectivity index (χ4v) is 2.88. The molecule has 2 rings (SSSR count). The summed E-state index contributed by atoms with van der Waals surface area (Å²) >= 11 is 0. The van der Waals surface area contributed by atoms with E-state index in [2.05, 4.69) is 57.6 Å². The van der Waals surface area contributed by atoms with Gasteiger partial charge in [-0.2, -0.15) is 0 Å². The molecule has 98 valence electrons. The lowest BCUT2D eigenvalue weighted by Gasteiger charge is -2.18. The third-order valence-electron chi connectivity index (χ3n) is 4.16. The molecule has 0 aliphatic heterocycles. The van der Waals surface area contributed by atoms with Crippen LogP contribution in [0.15, 0.2) is 18.3 Å². The van der Waals surface area contributed by atoms with Gasteiger partial charge in [0.25, 0.3) is 0 Å². The van der Waals surface area contributed by atoms with Crippen LogP contribution in [0.2, 0.25) is 0 Å². The molecular weight excluding hydrogens is 220 g/mol. The maximum absolute atomic E-state index is 5.96. The fraction of sp³-hybridized carbons (Fsp3) is 0.500. The van der Waals surface area contributed by atoms with Gasteiger partial charge in [0.2, 0.25) is 0 Å². The second-order valence-corrected chi connectivity index (χ2v) is 5.69. The van der Waals surface area contributed by atoms with Crippen molar-refractivity contribution in [1.82, 2.24) is 4.57 Å². The van der Waals surface area contributed by atoms with Gasteiger partial charge in [0, 0.05) is 24.5 Å². The van der Waals surface area contributed by atoms with E-state index < -0.39 is 0 Å². The molecule has 0 saturated carbocycles. The van der Waals surface area contributed by atoms with Crippen LogP contribution < -0.4 is 5.73 Å². The second kappa shape index (κ2) is 4.77. The number of rotatable bonds is 3. The lowest BCUT2D eigenvalue weighted by molar-refractivity contribution is 0.508. The van der Waals surface area contributed by atoms with E-state index in [1.54, 1.807) is 0 Å². The number of aromatic nitrogens is 1. The molecule has 1 aromatic carbocycles. The average Bonchev–Trinajstić information content (AvgIpc) is 2.62. The maximum Gasteiger partial charge on any atom is 0.0513 e. The molecule has 1 aromatic heterocycles. The number of benzene rings is 1. The molecule has 0 spiro atoms. The van der Waals surface area contributed by atoms with E-state index in [-0.39, 0.29) is 0 Å². The van der Waals surface area contributed by atoms with Crippen molar-refractivity contribution < 1.29 is 0 Å². The molecule has 0 aliphatic rings. The Balaban J connectivity index is 2.71. The summed E-state index contributed by atoms with van der Waals surface area (Å²) in [6.45, 7) is 9.58. The highest BCUT2D eigenvalue weighted by atomic mass is 14.9. The van der Waals surface area contributed by atoms with E-state index in [9.17, 15) is 0 Å². The molecule has 0 fully saturated rings. The summed E-state index contributed by atoms with van der Waals surface area (Å²) in [5.74, 6) is 1.01. The zero-order valence-electron chi connectivity index (χ0n) is 12.1. The Kier molecular flexibility index (Phi) is 3.49. The van der Waals surface area contributed by atoms with Crippen LogP contribution in [0.4, 0.5) is 0 Å². The standard InChI is InChI=1S/C16H24N2/c1-10(2)14(8-17)15-9-18(5)16-12(4)11(3)6-7-13(15)16/h6-7,9-10,14H,8,17H2,1-5H3. The summed E-state index contributed by atoms with van der Waals surface area (Å²) in [7, 11) is 2.13. The van der Waals surface area contributed by atoms with Crippen molar-refractivity contribution in [3.8, 4) is 0 Å². The zero-order valence-corrected chi connectivity index (χ0v) is 12.1. The van der Waals surface area contributed by atoms with Crippen molar-refractivity contribution in [3.05, 3.63) is 35.0 Å². The molecule has 2 aromatic rings. The molecule has 1 atom stereocenters. The van der Waals surface area contributed by atoms with Crippen LogP contribution in [0.25, 0.3) is 10.9 Å². The van der Waals surface area contributed by atoms with Gasteiger partial charge in [-0.05, 0) is 43.0 Å². The summed E-state index contributed by atoms with van der Waals surface area (Å²) in [6.07, 6.45) is 2.26. The largest absolute Gasteiger partial charge is 0.350 e. The Morgan fingerprint density at radius 1 is 1.22 bits per heavy atom. The Hall–Kier alpha value is -1.28. The molecule has 0 amide bonds. The van der Waals surface area contributed by atoms with E-state index in [1.807, 2.05) is 0 Å². The lowest BCUT2D eigenvalue weighted by atomic mass is 9.88.